The predicted molar refractivity (Wildman–Crippen MR) is 61.3 cm³/mol. The zero-order valence-electron chi connectivity index (χ0n) is 9.84. The molecule has 2 heterocycles. The van der Waals surface area contributed by atoms with Crippen molar-refractivity contribution < 1.29 is 9.53 Å². The fourth-order valence-electron chi connectivity index (χ4n) is 2.17. The van der Waals surface area contributed by atoms with Crippen LogP contribution in [0.15, 0.2) is 0 Å². The molecule has 5 heteroatoms. The standard InChI is InChI=1S/C11H21N3O2/c1-11(2-6-16-7-3-11)14-10(15)9-8-12-4-5-13-9/h9,12-13H,2-8H2,1H3,(H,14,15). The molecule has 0 aromatic carbocycles. The fourth-order valence-corrected chi connectivity index (χ4v) is 2.17. The third kappa shape index (κ3) is 2.93. The van der Waals surface area contributed by atoms with Crippen molar-refractivity contribution in [2.75, 3.05) is 32.8 Å². The Morgan fingerprint density at radius 1 is 1.38 bits per heavy atom. The van der Waals surface area contributed by atoms with Crippen molar-refractivity contribution in [3.05, 3.63) is 0 Å². The van der Waals surface area contributed by atoms with Gasteiger partial charge in [-0.05, 0) is 19.8 Å². The van der Waals surface area contributed by atoms with Gasteiger partial charge in [0.2, 0.25) is 5.91 Å². The van der Waals surface area contributed by atoms with E-state index in [0.29, 0.717) is 0 Å². The first-order valence-electron chi connectivity index (χ1n) is 6.03. The first kappa shape index (κ1) is 11.8. The number of carbonyl (C=O) groups excluding carboxylic acids is 1. The molecule has 0 bridgehead atoms. The van der Waals surface area contributed by atoms with Gasteiger partial charge in [0.05, 0.1) is 6.04 Å². The summed E-state index contributed by atoms with van der Waals surface area (Å²) in [6.07, 6.45) is 1.80. The Kier molecular flexibility index (Phi) is 3.78. The van der Waals surface area contributed by atoms with Crippen molar-refractivity contribution in [2.45, 2.75) is 31.3 Å². The molecule has 1 unspecified atom stereocenters. The van der Waals surface area contributed by atoms with E-state index < -0.39 is 0 Å². The highest BCUT2D eigenvalue weighted by molar-refractivity contribution is 5.82. The maximum absolute atomic E-state index is 12.0. The molecule has 1 atom stereocenters. The summed E-state index contributed by atoms with van der Waals surface area (Å²) in [5.41, 5.74) is -0.0888. The van der Waals surface area contributed by atoms with Crippen molar-refractivity contribution in [2.24, 2.45) is 0 Å². The molecule has 2 saturated heterocycles. The van der Waals surface area contributed by atoms with Crippen LogP contribution in [0, 0.1) is 0 Å². The predicted octanol–water partition coefficient (Wildman–Crippen LogP) is -0.767. The number of carbonyl (C=O) groups is 1. The number of amides is 1. The van der Waals surface area contributed by atoms with Crippen LogP contribution in [0.2, 0.25) is 0 Å². The van der Waals surface area contributed by atoms with E-state index in [2.05, 4.69) is 22.9 Å². The number of ether oxygens (including phenoxy) is 1. The summed E-state index contributed by atoms with van der Waals surface area (Å²) in [7, 11) is 0. The van der Waals surface area contributed by atoms with E-state index in [0.717, 1.165) is 45.7 Å². The number of hydrogen-bond acceptors (Lipinski definition) is 4. The number of piperazine rings is 1. The first-order valence-corrected chi connectivity index (χ1v) is 6.03. The van der Waals surface area contributed by atoms with Crippen molar-refractivity contribution in [3.63, 3.8) is 0 Å². The Morgan fingerprint density at radius 2 is 2.12 bits per heavy atom. The molecule has 5 nitrogen and oxygen atoms in total. The molecule has 0 aliphatic carbocycles. The van der Waals surface area contributed by atoms with Gasteiger partial charge in [-0.2, -0.15) is 0 Å². The van der Waals surface area contributed by atoms with Crippen LogP contribution >= 0.6 is 0 Å². The van der Waals surface area contributed by atoms with Gasteiger partial charge in [0, 0.05) is 38.4 Å². The quantitative estimate of drug-likeness (QED) is 0.580. The van der Waals surface area contributed by atoms with Gasteiger partial charge >= 0.3 is 0 Å². The Hall–Kier alpha value is -0.650. The second-order valence-electron chi connectivity index (χ2n) is 4.87. The topological polar surface area (TPSA) is 62.4 Å². The number of hydrogen-bond donors (Lipinski definition) is 3. The summed E-state index contributed by atoms with van der Waals surface area (Å²) in [5, 5.41) is 9.58. The van der Waals surface area contributed by atoms with E-state index in [1.165, 1.54) is 0 Å². The Balaban J connectivity index is 1.85. The van der Waals surface area contributed by atoms with Crippen molar-refractivity contribution in [3.8, 4) is 0 Å². The molecule has 16 heavy (non-hydrogen) atoms. The molecule has 0 aromatic heterocycles. The molecule has 2 rings (SSSR count). The molecule has 2 aliphatic heterocycles. The van der Waals surface area contributed by atoms with Crippen LogP contribution in [0.1, 0.15) is 19.8 Å². The third-order valence-corrected chi connectivity index (χ3v) is 3.38. The second-order valence-corrected chi connectivity index (χ2v) is 4.87. The average molecular weight is 227 g/mol. The largest absolute Gasteiger partial charge is 0.381 e. The lowest BCUT2D eigenvalue weighted by atomic mass is 9.92. The van der Waals surface area contributed by atoms with Gasteiger partial charge in [-0.15, -0.1) is 0 Å². The van der Waals surface area contributed by atoms with Gasteiger partial charge < -0.3 is 20.7 Å². The van der Waals surface area contributed by atoms with Crippen LogP contribution in [-0.4, -0.2) is 50.3 Å². The van der Waals surface area contributed by atoms with Gasteiger partial charge in [-0.25, -0.2) is 0 Å². The Morgan fingerprint density at radius 3 is 2.75 bits per heavy atom. The summed E-state index contributed by atoms with van der Waals surface area (Å²) < 4.78 is 5.31. The van der Waals surface area contributed by atoms with Gasteiger partial charge in [-0.3, -0.25) is 4.79 Å². The first-order chi connectivity index (χ1) is 7.70. The number of nitrogens with one attached hydrogen (secondary N) is 3. The van der Waals surface area contributed by atoms with E-state index in [9.17, 15) is 4.79 Å². The van der Waals surface area contributed by atoms with Crippen LogP contribution < -0.4 is 16.0 Å². The van der Waals surface area contributed by atoms with E-state index in [1.54, 1.807) is 0 Å². The normalized spacial score (nSPS) is 29.7. The van der Waals surface area contributed by atoms with Gasteiger partial charge in [-0.1, -0.05) is 0 Å². The maximum Gasteiger partial charge on any atom is 0.238 e. The lowest BCUT2D eigenvalue weighted by molar-refractivity contribution is -0.126. The zero-order chi connectivity index (χ0) is 11.4. The van der Waals surface area contributed by atoms with Crippen LogP contribution in [0.4, 0.5) is 0 Å². The van der Waals surface area contributed by atoms with Gasteiger partial charge in [0.15, 0.2) is 0 Å². The molecule has 3 N–H and O–H groups in total. The minimum Gasteiger partial charge on any atom is -0.381 e. The van der Waals surface area contributed by atoms with Crippen molar-refractivity contribution in [1.82, 2.24) is 16.0 Å². The third-order valence-electron chi connectivity index (χ3n) is 3.38. The average Bonchev–Trinajstić information content (AvgIpc) is 2.30. The van der Waals surface area contributed by atoms with E-state index in [4.69, 9.17) is 4.74 Å². The number of rotatable bonds is 2. The molecule has 92 valence electrons. The lowest BCUT2D eigenvalue weighted by Crippen LogP contribution is -2.60. The SMILES string of the molecule is CC1(NC(=O)C2CNCCN2)CCOCC1. The summed E-state index contributed by atoms with van der Waals surface area (Å²) >= 11 is 0. The molecule has 1 amide bonds. The molecule has 2 fully saturated rings. The lowest BCUT2D eigenvalue weighted by Gasteiger charge is -2.36. The fraction of sp³-hybridized carbons (Fsp3) is 0.909. The molecule has 0 radical (unpaired) electrons. The van der Waals surface area contributed by atoms with E-state index in [-0.39, 0.29) is 17.5 Å². The van der Waals surface area contributed by atoms with Crippen LogP contribution in [-0.2, 0) is 9.53 Å². The molecular weight excluding hydrogens is 206 g/mol. The Bertz CT molecular complexity index is 246. The van der Waals surface area contributed by atoms with Crippen LogP contribution in [0.3, 0.4) is 0 Å². The molecule has 0 saturated carbocycles. The minimum atomic E-state index is -0.0894. The molecule has 0 aromatic rings. The summed E-state index contributed by atoms with van der Waals surface area (Å²) in [6.45, 7) is 6.11. The minimum absolute atomic E-state index is 0.0888. The summed E-state index contributed by atoms with van der Waals surface area (Å²) in [6, 6.07) is -0.0894. The highest BCUT2D eigenvalue weighted by Gasteiger charge is 2.31. The van der Waals surface area contributed by atoms with Gasteiger partial charge in [0.1, 0.15) is 0 Å². The Labute approximate surface area is 96.3 Å². The molecule has 2 aliphatic rings. The van der Waals surface area contributed by atoms with Crippen LogP contribution in [0.5, 0.6) is 0 Å². The second kappa shape index (κ2) is 5.12. The highest BCUT2D eigenvalue weighted by atomic mass is 16.5. The van der Waals surface area contributed by atoms with E-state index >= 15 is 0 Å². The molecule has 0 spiro atoms. The van der Waals surface area contributed by atoms with Crippen molar-refractivity contribution >= 4 is 5.91 Å². The van der Waals surface area contributed by atoms with Crippen molar-refractivity contribution in [1.29, 1.82) is 0 Å². The van der Waals surface area contributed by atoms with E-state index in [1.807, 2.05) is 0 Å². The molecular formula is C11H21N3O2. The smallest absolute Gasteiger partial charge is 0.238 e. The van der Waals surface area contributed by atoms with Gasteiger partial charge in [0.25, 0.3) is 0 Å². The maximum atomic E-state index is 12.0. The highest BCUT2D eigenvalue weighted by Crippen LogP contribution is 2.19. The summed E-state index contributed by atoms with van der Waals surface area (Å²) in [4.78, 5) is 12.0. The summed E-state index contributed by atoms with van der Waals surface area (Å²) in [5.74, 6) is 0.108. The van der Waals surface area contributed by atoms with Crippen LogP contribution in [0.25, 0.3) is 0 Å². The zero-order valence-corrected chi connectivity index (χ0v) is 9.84. The monoisotopic (exact) mass is 227 g/mol.